The van der Waals surface area contributed by atoms with Crippen molar-refractivity contribution in [3.63, 3.8) is 0 Å². The van der Waals surface area contributed by atoms with Crippen LogP contribution in [0.1, 0.15) is 19.5 Å². The smallest absolute Gasteiger partial charge is 0.230 e. The van der Waals surface area contributed by atoms with Crippen molar-refractivity contribution in [2.24, 2.45) is 0 Å². The number of nitrogens with two attached hydrogens (primary N) is 1. The molecule has 0 aliphatic carbocycles. The molecule has 2 aromatic rings. The molecule has 3 N–H and O–H groups in total. The van der Waals surface area contributed by atoms with E-state index in [-0.39, 0.29) is 12.3 Å². The van der Waals surface area contributed by atoms with E-state index in [9.17, 15) is 4.79 Å². The standard InChI is InChI=1S/C14H19N5OS/c1-3-19(4-2)12-6-5-10(8-16-12)17-13(20)7-11-9-21-14(15)18-11/h5-6,8-9H,3-4,7H2,1-2H3,(H2,15,18)(H,17,20). The van der Waals surface area contributed by atoms with Crippen molar-refractivity contribution >= 4 is 33.9 Å². The molecule has 2 heterocycles. The lowest BCUT2D eigenvalue weighted by atomic mass is 10.3. The van der Waals surface area contributed by atoms with E-state index in [1.807, 2.05) is 12.1 Å². The molecule has 0 aliphatic rings. The van der Waals surface area contributed by atoms with Crippen molar-refractivity contribution in [2.75, 3.05) is 29.0 Å². The largest absolute Gasteiger partial charge is 0.375 e. The minimum Gasteiger partial charge on any atom is -0.375 e. The molecule has 0 radical (unpaired) electrons. The Morgan fingerprint density at radius 2 is 2.14 bits per heavy atom. The molecular weight excluding hydrogens is 286 g/mol. The van der Waals surface area contributed by atoms with Gasteiger partial charge in [0.05, 0.1) is 24.0 Å². The van der Waals surface area contributed by atoms with Gasteiger partial charge >= 0.3 is 0 Å². The van der Waals surface area contributed by atoms with Gasteiger partial charge in [-0.1, -0.05) is 0 Å². The summed E-state index contributed by atoms with van der Waals surface area (Å²) in [6, 6.07) is 3.76. The SMILES string of the molecule is CCN(CC)c1ccc(NC(=O)Cc2csc(N)n2)cn1. The summed E-state index contributed by atoms with van der Waals surface area (Å²) >= 11 is 1.33. The van der Waals surface area contributed by atoms with Crippen LogP contribution in [0.4, 0.5) is 16.6 Å². The summed E-state index contributed by atoms with van der Waals surface area (Å²) in [5.41, 5.74) is 6.90. The van der Waals surface area contributed by atoms with E-state index >= 15 is 0 Å². The molecule has 0 aromatic carbocycles. The number of nitrogens with one attached hydrogen (secondary N) is 1. The van der Waals surface area contributed by atoms with Crippen LogP contribution in [0.25, 0.3) is 0 Å². The third-order valence-corrected chi connectivity index (χ3v) is 3.75. The zero-order chi connectivity index (χ0) is 15.2. The molecular formula is C14H19N5OS. The van der Waals surface area contributed by atoms with Crippen molar-refractivity contribution < 1.29 is 4.79 Å². The molecule has 1 amide bonds. The van der Waals surface area contributed by atoms with Crippen LogP contribution in [0.15, 0.2) is 23.7 Å². The number of thiazole rings is 1. The lowest BCUT2D eigenvalue weighted by Gasteiger charge is -2.19. The van der Waals surface area contributed by atoms with Crippen molar-refractivity contribution in [1.82, 2.24) is 9.97 Å². The Morgan fingerprint density at radius 3 is 2.67 bits per heavy atom. The number of aromatic nitrogens is 2. The van der Waals surface area contributed by atoms with Gasteiger partial charge in [-0.05, 0) is 26.0 Å². The van der Waals surface area contributed by atoms with E-state index in [2.05, 4.69) is 34.0 Å². The molecule has 112 valence electrons. The third-order valence-electron chi connectivity index (χ3n) is 3.03. The fraction of sp³-hybridized carbons (Fsp3) is 0.357. The summed E-state index contributed by atoms with van der Waals surface area (Å²) in [6.45, 7) is 5.97. The van der Waals surface area contributed by atoms with Crippen LogP contribution in [0.5, 0.6) is 0 Å². The maximum Gasteiger partial charge on any atom is 0.230 e. The number of pyridine rings is 1. The first-order valence-corrected chi connectivity index (χ1v) is 7.71. The lowest BCUT2D eigenvalue weighted by molar-refractivity contribution is -0.115. The summed E-state index contributed by atoms with van der Waals surface area (Å²) in [7, 11) is 0. The molecule has 0 fully saturated rings. The van der Waals surface area contributed by atoms with Gasteiger partial charge in [0.2, 0.25) is 5.91 Å². The fourth-order valence-electron chi connectivity index (χ4n) is 1.97. The zero-order valence-corrected chi connectivity index (χ0v) is 13.0. The molecule has 7 heteroatoms. The average Bonchev–Trinajstić information content (AvgIpc) is 2.87. The van der Waals surface area contributed by atoms with Gasteiger partial charge in [-0.2, -0.15) is 0 Å². The molecule has 0 saturated carbocycles. The van der Waals surface area contributed by atoms with Gasteiger partial charge in [-0.3, -0.25) is 4.79 Å². The van der Waals surface area contributed by atoms with Gasteiger partial charge in [-0.25, -0.2) is 9.97 Å². The number of hydrogen-bond donors (Lipinski definition) is 2. The highest BCUT2D eigenvalue weighted by Crippen LogP contribution is 2.15. The van der Waals surface area contributed by atoms with Gasteiger partial charge in [0.15, 0.2) is 5.13 Å². The van der Waals surface area contributed by atoms with E-state index in [0.717, 1.165) is 18.9 Å². The Balaban J connectivity index is 1.95. The van der Waals surface area contributed by atoms with Gasteiger partial charge < -0.3 is 16.0 Å². The Bertz CT molecular complexity index is 592. The highest BCUT2D eigenvalue weighted by molar-refractivity contribution is 7.13. The summed E-state index contributed by atoms with van der Waals surface area (Å²) in [5, 5.41) is 5.07. The number of carbonyl (C=O) groups excluding carboxylic acids is 1. The second-order valence-electron chi connectivity index (χ2n) is 4.48. The molecule has 2 rings (SSSR count). The van der Waals surface area contributed by atoms with Crippen LogP contribution < -0.4 is 16.0 Å². The first-order valence-electron chi connectivity index (χ1n) is 6.83. The summed E-state index contributed by atoms with van der Waals surface area (Å²) in [4.78, 5) is 22.5. The number of rotatable bonds is 6. The lowest BCUT2D eigenvalue weighted by Crippen LogP contribution is -2.23. The fourth-order valence-corrected chi connectivity index (χ4v) is 2.53. The molecule has 6 nitrogen and oxygen atoms in total. The number of amides is 1. The van der Waals surface area contributed by atoms with E-state index in [1.54, 1.807) is 11.6 Å². The van der Waals surface area contributed by atoms with Crippen LogP contribution in [-0.2, 0) is 11.2 Å². The van der Waals surface area contributed by atoms with E-state index < -0.39 is 0 Å². The van der Waals surface area contributed by atoms with Crippen LogP contribution in [-0.4, -0.2) is 29.0 Å². The normalized spacial score (nSPS) is 10.4. The first-order chi connectivity index (χ1) is 10.1. The number of nitrogen functional groups attached to an aromatic ring is 1. The number of anilines is 3. The van der Waals surface area contributed by atoms with E-state index in [1.165, 1.54) is 11.3 Å². The minimum absolute atomic E-state index is 0.127. The maximum atomic E-state index is 11.9. The van der Waals surface area contributed by atoms with E-state index in [4.69, 9.17) is 5.73 Å². The van der Waals surface area contributed by atoms with Crippen molar-refractivity contribution in [1.29, 1.82) is 0 Å². The van der Waals surface area contributed by atoms with Gasteiger partial charge in [0.25, 0.3) is 0 Å². The monoisotopic (exact) mass is 305 g/mol. The number of hydrogen-bond acceptors (Lipinski definition) is 6. The molecule has 0 aliphatic heterocycles. The van der Waals surface area contributed by atoms with Crippen molar-refractivity contribution in [3.05, 3.63) is 29.4 Å². The van der Waals surface area contributed by atoms with Crippen LogP contribution in [0.2, 0.25) is 0 Å². The molecule has 0 atom stereocenters. The first kappa shape index (κ1) is 15.2. The molecule has 0 unspecified atom stereocenters. The molecule has 2 aromatic heterocycles. The van der Waals surface area contributed by atoms with Crippen LogP contribution in [0, 0.1) is 0 Å². The summed E-state index contributed by atoms with van der Waals surface area (Å²) in [6.07, 6.45) is 1.88. The summed E-state index contributed by atoms with van der Waals surface area (Å²) in [5.74, 6) is 0.781. The molecule has 0 spiro atoms. The second-order valence-corrected chi connectivity index (χ2v) is 5.37. The van der Waals surface area contributed by atoms with Crippen LogP contribution in [0.3, 0.4) is 0 Å². The van der Waals surface area contributed by atoms with Gasteiger partial charge in [-0.15, -0.1) is 11.3 Å². The number of nitrogens with zero attached hydrogens (tertiary/aromatic N) is 3. The minimum atomic E-state index is -0.127. The Hall–Kier alpha value is -2.15. The molecule has 0 saturated heterocycles. The topological polar surface area (TPSA) is 84.1 Å². The Labute approximate surface area is 128 Å². The Morgan fingerprint density at radius 1 is 1.38 bits per heavy atom. The van der Waals surface area contributed by atoms with Crippen LogP contribution >= 0.6 is 11.3 Å². The predicted molar refractivity (Wildman–Crippen MR) is 86.7 cm³/mol. The van der Waals surface area contributed by atoms with Gasteiger partial charge in [0.1, 0.15) is 5.82 Å². The number of carbonyl (C=O) groups is 1. The highest BCUT2D eigenvalue weighted by atomic mass is 32.1. The molecule has 21 heavy (non-hydrogen) atoms. The summed E-state index contributed by atoms with van der Waals surface area (Å²) < 4.78 is 0. The van der Waals surface area contributed by atoms with Crippen molar-refractivity contribution in [2.45, 2.75) is 20.3 Å². The Kier molecular flexibility index (Phi) is 5.10. The highest BCUT2D eigenvalue weighted by Gasteiger charge is 2.08. The average molecular weight is 305 g/mol. The third kappa shape index (κ3) is 4.16. The second kappa shape index (κ2) is 7.03. The van der Waals surface area contributed by atoms with Crippen molar-refractivity contribution in [3.8, 4) is 0 Å². The quantitative estimate of drug-likeness (QED) is 0.854. The zero-order valence-electron chi connectivity index (χ0n) is 12.2. The van der Waals surface area contributed by atoms with E-state index in [0.29, 0.717) is 16.5 Å². The predicted octanol–water partition coefficient (Wildman–Crippen LogP) is 2.15. The maximum absolute atomic E-state index is 11.9. The van der Waals surface area contributed by atoms with Gasteiger partial charge in [0, 0.05) is 18.5 Å². The molecule has 0 bridgehead atoms.